The topological polar surface area (TPSA) is 32.3 Å². The molecule has 0 radical (unpaired) electrons. The van der Waals surface area contributed by atoms with Gasteiger partial charge in [-0.15, -0.1) is 0 Å². The molecule has 0 fully saturated rings. The normalized spacial score (nSPS) is 13.3. The Bertz CT molecular complexity index is 307. The van der Waals surface area contributed by atoms with E-state index >= 15 is 0 Å². The van der Waals surface area contributed by atoms with Crippen molar-refractivity contribution in [1.29, 1.82) is 0 Å². The third kappa shape index (κ3) is 2.34. The molecule has 0 saturated carbocycles. The number of hydrogen-bond acceptors (Lipinski definition) is 2. The summed E-state index contributed by atoms with van der Waals surface area (Å²) in [5.74, 6) is 0.499. The maximum atomic E-state index is 9.71. The van der Waals surface area contributed by atoms with E-state index in [2.05, 4.69) is 37.4 Å². The van der Waals surface area contributed by atoms with E-state index in [-0.39, 0.29) is 0 Å². The summed E-state index contributed by atoms with van der Waals surface area (Å²) in [7, 11) is 1.76. The lowest BCUT2D eigenvalue weighted by Crippen LogP contribution is -2.16. The van der Waals surface area contributed by atoms with Crippen LogP contribution in [0.4, 0.5) is 0 Å². The molecule has 1 atom stereocenters. The quantitative estimate of drug-likeness (QED) is 0.722. The van der Waals surface area contributed by atoms with E-state index in [1.165, 1.54) is 5.56 Å². The standard InChI is InChI=1S/C12H19NO/c1-8(2)10-6-5-9(3)11(7-10)12(14)13-4/h5-8,12-14H,1-4H3. The number of aliphatic hydroxyl groups excluding tert-OH is 1. The molecule has 1 unspecified atom stereocenters. The molecule has 0 aliphatic carbocycles. The number of aryl methyl sites for hydroxylation is 1. The van der Waals surface area contributed by atoms with Gasteiger partial charge < -0.3 is 5.11 Å². The molecular formula is C12H19NO. The van der Waals surface area contributed by atoms with Gasteiger partial charge in [-0.25, -0.2) is 0 Å². The Balaban J connectivity index is 3.08. The van der Waals surface area contributed by atoms with Crippen LogP contribution in [0, 0.1) is 6.92 Å². The minimum Gasteiger partial charge on any atom is -0.374 e. The van der Waals surface area contributed by atoms with E-state index in [9.17, 15) is 5.11 Å². The van der Waals surface area contributed by atoms with Crippen LogP contribution in [0.2, 0.25) is 0 Å². The second-order valence-corrected chi connectivity index (χ2v) is 3.96. The Labute approximate surface area is 86.0 Å². The number of hydrogen-bond donors (Lipinski definition) is 2. The van der Waals surface area contributed by atoms with Gasteiger partial charge in [0, 0.05) is 0 Å². The summed E-state index contributed by atoms with van der Waals surface area (Å²) in [6.45, 7) is 6.32. The van der Waals surface area contributed by atoms with Gasteiger partial charge in [-0.3, -0.25) is 5.32 Å². The molecule has 1 aromatic rings. The molecule has 2 N–H and O–H groups in total. The van der Waals surface area contributed by atoms with Crippen molar-refractivity contribution in [2.75, 3.05) is 7.05 Å². The molecule has 2 nitrogen and oxygen atoms in total. The highest BCUT2D eigenvalue weighted by molar-refractivity contribution is 5.33. The molecule has 0 bridgehead atoms. The average molecular weight is 193 g/mol. The second kappa shape index (κ2) is 4.58. The van der Waals surface area contributed by atoms with Gasteiger partial charge in [0.1, 0.15) is 6.23 Å². The van der Waals surface area contributed by atoms with Crippen molar-refractivity contribution in [2.24, 2.45) is 0 Å². The van der Waals surface area contributed by atoms with Gasteiger partial charge >= 0.3 is 0 Å². The van der Waals surface area contributed by atoms with Crippen molar-refractivity contribution in [3.63, 3.8) is 0 Å². The van der Waals surface area contributed by atoms with Crippen LogP contribution in [0.1, 0.15) is 42.7 Å². The van der Waals surface area contributed by atoms with Gasteiger partial charge in [-0.2, -0.15) is 0 Å². The fourth-order valence-electron chi connectivity index (χ4n) is 1.47. The molecule has 0 spiro atoms. The third-order valence-electron chi connectivity index (χ3n) is 2.54. The Morgan fingerprint density at radius 2 is 1.93 bits per heavy atom. The van der Waals surface area contributed by atoms with Gasteiger partial charge in [0.05, 0.1) is 0 Å². The molecule has 0 heterocycles. The Hall–Kier alpha value is -0.860. The summed E-state index contributed by atoms with van der Waals surface area (Å²) < 4.78 is 0. The number of nitrogens with one attached hydrogen (secondary N) is 1. The molecule has 78 valence electrons. The van der Waals surface area contributed by atoms with Crippen LogP contribution in [0.5, 0.6) is 0 Å². The third-order valence-corrected chi connectivity index (χ3v) is 2.54. The van der Waals surface area contributed by atoms with Crippen molar-refractivity contribution >= 4 is 0 Å². The van der Waals surface area contributed by atoms with Crippen molar-refractivity contribution in [2.45, 2.75) is 32.9 Å². The summed E-state index contributed by atoms with van der Waals surface area (Å²) >= 11 is 0. The van der Waals surface area contributed by atoms with Crippen LogP contribution in [0.3, 0.4) is 0 Å². The van der Waals surface area contributed by atoms with Gasteiger partial charge in [0.2, 0.25) is 0 Å². The summed E-state index contributed by atoms with van der Waals surface area (Å²) in [5.41, 5.74) is 3.36. The van der Waals surface area contributed by atoms with E-state index in [0.29, 0.717) is 5.92 Å². The minimum absolute atomic E-state index is 0.499. The predicted molar refractivity (Wildman–Crippen MR) is 59.3 cm³/mol. The molecule has 14 heavy (non-hydrogen) atoms. The molecular weight excluding hydrogens is 174 g/mol. The summed E-state index contributed by atoms with van der Waals surface area (Å²) in [6, 6.07) is 6.25. The number of benzene rings is 1. The molecule has 0 aliphatic heterocycles. The molecule has 2 heteroatoms. The summed E-state index contributed by atoms with van der Waals surface area (Å²) in [6.07, 6.45) is -0.561. The van der Waals surface area contributed by atoms with Gasteiger partial charge in [-0.05, 0) is 36.6 Å². The smallest absolute Gasteiger partial charge is 0.131 e. The Kier molecular flexibility index (Phi) is 3.67. The predicted octanol–water partition coefficient (Wildman–Crippen LogP) is 2.33. The van der Waals surface area contributed by atoms with Crippen LogP contribution < -0.4 is 5.32 Å². The first kappa shape index (κ1) is 11.2. The average Bonchev–Trinajstić information content (AvgIpc) is 2.17. The molecule has 1 aromatic carbocycles. The lowest BCUT2D eigenvalue weighted by molar-refractivity contribution is 0.148. The van der Waals surface area contributed by atoms with Gasteiger partial charge in [-0.1, -0.05) is 32.0 Å². The monoisotopic (exact) mass is 193 g/mol. The van der Waals surface area contributed by atoms with Crippen molar-refractivity contribution in [1.82, 2.24) is 5.32 Å². The maximum Gasteiger partial charge on any atom is 0.131 e. The first-order valence-corrected chi connectivity index (χ1v) is 5.02. The van der Waals surface area contributed by atoms with Crippen LogP contribution in [0.25, 0.3) is 0 Å². The number of rotatable bonds is 3. The van der Waals surface area contributed by atoms with Crippen molar-refractivity contribution < 1.29 is 5.11 Å². The van der Waals surface area contributed by atoms with Crippen LogP contribution in [-0.2, 0) is 0 Å². The van der Waals surface area contributed by atoms with Crippen molar-refractivity contribution in [3.05, 3.63) is 34.9 Å². The summed E-state index contributed by atoms with van der Waals surface area (Å²) in [4.78, 5) is 0. The zero-order valence-corrected chi connectivity index (χ0v) is 9.33. The van der Waals surface area contributed by atoms with E-state index in [1.54, 1.807) is 7.05 Å². The zero-order valence-electron chi connectivity index (χ0n) is 9.33. The van der Waals surface area contributed by atoms with Gasteiger partial charge in [0.25, 0.3) is 0 Å². The van der Waals surface area contributed by atoms with Gasteiger partial charge in [0.15, 0.2) is 0 Å². The van der Waals surface area contributed by atoms with E-state index in [1.807, 2.05) is 6.92 Å². The molecule has 0 amide bonds. The molecule has 0 aromatic heterocycles. The fourth-order valence-corrected chi connectivity index (χ4v) is 1.47. The highest BCUT2D eigenvalue weighted by Crippen LogP contribution is 2.21. The van der Waals surface area contributed by atoms with Crippen molar-refractivity contribution in [3.8, 4) is 0 Å². The fraction of sp³-hybridized carbons (Fsp3) is 0.500. The van der Waals surface area contributed by atoms with Crippen LogP contribution in [0.15, 0.2) is 18.2 Å². The molecule has 0 saturated heterocycles. The highest BCUT2D eigenvalue weighted by Gasteiger charge is 2.09. The number of aliphatic hydroxyl groups is 1. The van der Waals surface area contributed by atoms with E-state index in [0.717, 1.165) is 11.1 Å². The highest BCUT2D eigenvalue weighted by atomic mass is 16.3. The van der Waals surface area contributed by atoms with E-state index in [4.69, 9.17) is 0 Å². The minimum atomic E-state index is -0.561. The Morgan fingerprint density at radius 1 is 1.29 bits per heavy atom. The van der Waals surface area contributed by atoms with Crippen LogP contribution in [-0.4, -0.2) is 12.2 Å². The first-order valence-electron chi connectivity index (χ1n) is 5.02. The summed E-state index contributed by atoms with van der Waals surface area (Å²) in [5, 5.41) is 12.5. The zero-order chi connectivity index (χ0) is 10.7. The van der Waals surface area contributed by atoms with E-state index < -0.39 is 6.23 Å². The molecule has 0 aliphatic rings. The maximum absolute atomic E-state index is 9.71. The largest absolute Gasteiger partial charge is 0.374 e. The second-order valence-electron chi connectivity index (χ2n) is 3.96. The lowest BCUT2D eigenvalue weighted by Gasteiger charge is -2.15. The lowest BCUT2D eigenvalue weighted by atomic mass is 9.97. The molecule has 1 rings (SSSR count). The first-order chi connectivity index (χ1) is 6.56. The van der Waals surface area contributed by atoms with Crippen LogP contribution >= 0.6 is 0 Å². The SMILES string of the molecule is CNC(O)c1cc(C(C)C)ccc1C. The Morgan fingerprint density at radius 3 is 2.43 bits per heavy atom.